The van der Waals surface area contributed by atoms with E-state index in [4.69, 9.17) is 0 Å². The predicted molar refractivity (Wildman–Crippen MR) is 88.7 cm³/mol. The van der Waals surface area contributed by atoms with Crippen molar-refractivity contribution in [2.75, 3.05) is 0 Å². The molecule has 0 N–H and O–H groups in total. The minimum Gasteiger partial charge on any atom is -0.259 e. The van der Waals surface area contributed by atoms with Crippen molar-refractivity contribution in [3.8, 4) is 0 Å². The Labute approximate surface area is 129 Å². The first-order valence-electron chi connectivity index (χ1n) is 7.34. The summed E-state index contributed by atoms with van der Waals surface area (Å²) in [6.07, 6.45) is 7.16. The van der Waals surface area contributed by atoms with Crippen molar-refractivity contribution in [2.24, 2.45) is 0 Å². The second-order valence-electron chi connectivity index (χ2n) is 4.99. The number of nitrogens with zero attached hydrogens (tertiary/aromatic N) is 2. The van der Waals surface area contributed by atoms with Crippen LogP contribution in [0.4, 0.5) is 0 Å². The van der Waals surface area contributed by atoms with Crippen LogP contribution in [0.1, 0.15) is 25.5 Å². The van der Waals surface area contributed by atoms with Crippen LogP contribution in [0.3, 0.4) is 0 Å². The highest BCUT2D eigenvalue weighted by Crippen LogP contribution is 2.34. The fourth-order valence-corrected chi connectivity index (χ4v) is 3.36. The molecule has 0 atom stereocenters. The summed E-state index contributed by atoms with van der Waals surface area (Å²) in [5.41, 5.74) is 2.23. The van der Waals surface area contributed by atoms with Crippen LogP contribution in [0.15, 0.2) is 64.6 Å². The number of fused-ring (bicyclic) bond motifs is 1. The molecule has 0 bridgehead atoms. The SMILES string of the molecule is CCCCc1ncc2cccnc2c1Sc1ccccc1. The zero-order valence-electron chi connectivity index (χ0n) is 12.1. The van der Waals surface area contributed by atoms with Gasteiger partial charge in [0.2, 0.25) is 0 Å². The van der Waals surface area contributed by atoms with Gasteiger partial charge in [-0.2, -0.15) is 0 Å². The molecule has 0 aliphatic heterocycles. The smallest absolute Gasteiger partial charge is 0.0875 e. The van der Waals surface area contributed by atoms with E-state index >= 15 is 0 Å². The van der Waals surface area contributed by atoms with Gasteiger partial charge in [0.15, 0.2) is 0 Å². The van der Waals surface area contributed by atoms with Gasteiger partial charge in [-0.25, -0.2) is 0 Å². The fourth-order valence-electron chi connectivity index (χ4n) is 2.29. The molecule has 0 saturated heterocycles. The normalized spacial score (nSPS) is 10.9. The number of hydrogen-bond acceptors (Lipinski definition) is 3. The molecule has 0 amide bonds. The van der Waals surface area contributed by atoms with Crippen molar-refractivity contribution >= 4 is 22.7 Å². The molecule has 2 heterocycles. The van der Waals surface area contributed by atoms with Crippen molar-refractivity contribution in [3.05, 3.63) is 60.6 Å². The molecular weight excluding hydrogens is 276 g/mol. The molecule has 0 fully saturated rings. The summed E-state index contributed by atoms with van der Waals surface area (Å²) < 4.78 is 0. The van der Waals surface area contributed by atoms with E-state index in [9.17, 15) is 0 Å². The molecule has 0 radical (unpaired) electrons. The van der Waals surface area contributed by atoms with E-state index in [0.717, 1.165) is 29.4 Å². The first-order chi connectivity index (χ1) is 10.4. The van der Waals surface area contributed by atoms with Crippen molar-refractivity contribution in [3.63, 3.8) is 0 Å². The summed E-state index contributed by atoms with van der Waals surface area (Å²) in [5.74, 6) is 0. The largest absolute Gasteiger partial charge is 0.259 e. The van der Waals surface area contributed by atoms with Gasteiger partial charge >= 0.3 is 0 Å². The van der Waals surface area contributed by atoms with Crippen LogP contribution in [0.25, 0.3) is 10.9 Å². The van der Waals surface area contributed by atoms with E-state index < -0.39 is 0 Å². The average Bonchev–Trinajstić information content (AvgIpc) is 2.55. The van der Waals surface area contributed by atoms with Crippen LogP contribution >= 0.6 is 11.8 Å². The number of aromatic nitrogens is 2. The summed E-state index contributed by atoms with van der Waals surface area (Å²) in [6.45, 7) is 2.21. The van der Waals surface area contributed by atoms with E-state index in [2.05, 4.69) is 47.2 Å². The van der Waals surface area contributed by atoms with E-state index in [1.165, 1.54) is 16.2 Å². The molecule has 0 aliphatic rings. The Bertz CT molecular complexity index is 726. The Morgan fingerprint density at radius 2 is 1.86 bits per heavy atom. The lowest BCUT2D eigenvalue weighted by Gasteiger charge is -2.11. The van der Waals surface area contributed by atoms with E-state index in [-0.39, 0.29) is 0 Å². The minimum atomic E-state index is 1.01. The van der Waals surface area contributed by atoms with Gasteiger partial charge in [-0.3, -0.25) is 9.97 Å². The maximum Gasteiger partial charge on any atom is 0.0875 e. The van der Waals surface area contributed by atoms with E-state index in [0.29, 0.717) is 0 Å². The van der Waals surface area contributed by atoms with Gasteiger partial charge in [-0.05, 0) is 37.1 Å². The number of benzene rings is 1. The molecular formula is C18H18N2S. The maximum atomic E-state index is 4.68. The Kier molecular flexibility index (Phi) is 4.51. The number of pyridine rings is 2. The molecule has 21 heavy (non-hydrogen) atoms. The molecule has 0 unspecified atom stereocenters. The van der Waals surface area contributed by atoms with Gasteiger partial charge in [-0.15, -0.1) is 0 Å². The lowest BCUT2D eigenvalue weighted by atomic mass is 10.1. The van der Waals surface area contributed by atoms with E-state index in [1.54, 1.807) is 11.8 Å². The van der Waals surface area contributed by atoms with Crippen molar-refractivity contribution in [2.45, 2.75) is 36.0 Å². The molecule has 2 nitrogen and oxygen atoms in total. The Balaban J connectivity index is 2.07. The van der Waals surface area contributed by atoms with Crippen molar-refractivity contribution in [1.82, 2.24) is 9.97 Å². The third-order valence-electron chi connectivity index (χ3n) is 3.41. The molecule has 1 aromatic carbocycles. The first kappa shape index (κ1) is 14.1. The lowest BCUT2D eigenvalue weighted by Crippen LogP contribution is -1.96. The zero-order chi connectivity index (χ0) is 14.5. The molecule has 0 spiro atoms. The summed E-state index contributed by atoms with van der Waals surface area (Å²) in [7, 11) is 0. The van der Waals surface area contributed by atoms with Gasteiger partial charge < -0.3 is 0 Å². The van der Waals surface area contributed by atoms with Gasteiger partial charge in [0.25, 0.3) is 0 Å². The van der Waals surface area contributed by atoms with Crippen molar-refractivity contribution < 1.29 is 0 Å². The van der Waals surface area contributed by atoms with Gasteiger partial charge in [0.05, 0.1) is 16.1 Å². The van der Waals surface area contributed by atoms with Crippen LogP contribution < -0.4 is 0 Å². The maximum absolute atomic E-state index is 4.68. The second-order valence-corrected chi connectivity index (χ2v) is 6.08. The Morgan fingerprint density at radius 3 is 2.67 bits per heavy atom. The van der Waals surface area contributed by atoms with Gasteiger partial charge in [0.1, 0.15) is 0 Å². The third-order valence-corrected chi connectivity index (χ3v) is 4.55. The lowest BCUT2D eigenvalue weighted by molar-refractivity contribution is 0.765. The Hall–Kier alpha value is -1.87. The summed E-state index contributed by atoms with van der Waals surface area (Å²) in [5, 5.41) is 1.11. The average molecular weight is 294 g/mol. The summed E-state index contributed by atoms with van der Waals surface area (Å²) in [6, 6.07) is 14.5. The molecule has 0 aliphatic carbocycles. The second kappa shape index (κ2) is 6.72. The Morgan fingerprint density at radius 1 is 1.00 bits per heavy atom. The molecule has 3 aromatic rings. The van der Waals surface area contributed by atoms with Crippen LogP contribution in [-0.2, 0) is 6.42 Å². The summed E-state index contributed by atoms with van der Waals surface area (Å²) in [4.78, 5) is 11.7. The highest BCUT2D eigenvalue weighted by atomic mass is 32.2. The minimum absolute atomic E-state index is 1.01. The predicted octanol–water partition coefficient (Wildman–Crippen LogP) is 5.12. The van der Waals surface area contributed by atoms with Crippen LogP contribution in [0, 0.1) is 0 Å². The van der Waals surface area contributed by atoms with Crippen LogP contribution in [-0.4, -0.2) is 9.97 Å². The molecule has 3 rings (SSSR count). The van der Waals surface area contributed by atoms with Crippen molar-refractivity contribution in [1.29, 1.82) is 0 Å². The summed E-state index contributed by atoms with van der Waals surface area (Å²) >= 11 is 1.77. The molecule has 0 saturated carbocycles. The quantitative estimate of drug-likeness (QED) is 0.653. The number of aryl methyl sites for hydroxylation is 1. The highest BCUT2D eigenvalue weighted by Gasteiger charge is 2.11. The zero-order valence-corrected chi connectivity index (χ0v) is 12.9. The fraction of sp³-hybridized carbons (Fsp3) is 0.222. The standard InChI is InChI=1S/C18H18N2S/c1-2-3-11-16-18(21-15-9-5-4-6-10-15)17-14(13-20-16)8-7-12-19-17/h4-10,12-13H,2-3,11H2,1H3. The highest BCUT2D eigenvalue weighted by molar-refractivity contribution is 7.99. The van der Waals surface area contributed by atoms with E-state index in [1.807, 2.05) is 24.5 Å². The van der Waals surface area contributed by atoms with Gasteiger partial charge in [-0.1, -0.05) is 43.3 Å². The monoisotopic (exact) mass is 294 g/mol. The number of unbranched alkanes of at least 4 members (excludes halogenated alkanes) is 1. The third kappa shape index (κ3) is 3.24. The number of hydrogen-bond donors (Lipinski definition) is 0. The van der Waals surface area contributed by atoms with Gasteiger partial charge in [0, 0.05) is 22.7 Å². The molecule has 106 valence electrons. The topological polar surface area (TPSA) is 25.8 Å². The van der Waals surface area contributed by atoms with Crippen LogP contribution in [0.2, 0.25) is 0 Å². The number of rotatable bonds is 5. The molecule has 3 heteroatoms. The van der Waals surface area contributed by atoms with Crippen LogP contribution in [0.5, 0.6) is 0 Å². The first-order valence-corrected chi connectivity index (χ1v) is 8.15. The molecule has 2 aromatic heterocycles.